The summed E-state index contributed by atoms with van der Waals surface area (Å²) in [4.78, 5) is 11.7. The number of rotatable bonds is 2. The number of aliphatic hydroxyl groups is 1. The second-order valence-electron chi connectivity index (χ2n) is 8.63. The van der Waals surface area contributed by atoms with E-state index in [1.54, 1.807) is 5.57 Å². The average Bonchev–Trinajstić information content (AvgIpc) is 2.79. The van der Waals surface area contributed by atoms with E-state index in [1.807, 2.05) is 6.08 Å². The van der Waals surface area contributed by atoms with Gasteiger partial charge in [0.2, 0.25) is 0 Å². The predicted molar refractivity (Wildman–Crippen MR) is 92.0 cm³/mol. The number of carbonyl (C=O) groups is 1. The Balaban J connectivity index is 1.70. The number of hydrogen-bond donors (Lipinski definition) is 1. The molecule has 2 nitrogen and oxygen atoms in total. The number of ketones is 1. The fourth-order valence-electron chi connectivity index (χ4n) is 6.47. The molecule has 2 heteroatoms. The van der Waals surface area contributed by atoms with Gasteiger partial charge in [0.25, 0.3) is 0 Å². The smallest absolute Gasteiger partial charge is 0.156 e. The summed E-state index contributed by atoms with van der Waals surface area (Å²) < 4.78 is 0. The van der Waals surface area contributed by atoms with E-state index in [9.17, 15) is 9.90 Å². The van der Waals surface area contributed by atoms with Crippen LogP contribution in [0.2, 0.25) is 0 Å². The zero-order chi connectivity index (χ0) is 16.2. The highest BCUT2D eigenvalue weighted by molar-refractivity contribution is 5.93. The predicted octanol–water partition coefficient (Wildman–Crippen LogP) is 4.72. The lowest BCUT2D eigenvalue weighted by atomic mass is 9.54. The highest BCUT2D eigenvalue weighted by Crippen LogP contribution is 2.64. The second kappa shape index (κ2) is 5.31. The molecule has 4 aliphatic rings. The first-order chi connectivity index (χ1) is 11.0. The Morgan fingerprint density at radius 3 is 2.78 bits per heavy atom. The molecule has 23 heavy (non-hydrogen) atoms. The maximum atomic E-state index is 11.7. The van der Waals surface area contributed by atoms with E-state index in [0.29, 0.717) is 24.0 Å². The lowest BCUT2D eigenvalue weighted by molar-refractivity contribution is -0.114. The molecule has 0 saturated heterocycles. The van der Waals surface area contributed by atoms with Crippen LogP contribution in [0.5, 0.6) is 0 Å². The molecular formula is C21H30O2. The monoisotopic (exact) mass is 314 g/mol. The second-order valence-corrected chi connectivity index (χ2v) is 8.63. The number of carbonyl (C=O) groups excluding carboxylic acids is 1. The van der Waals surface area contributed by atoms with Crippen molar-refractivity contribution in [3.63, 3.8) is 0 Å². The molecule has 2 fully saturated rings. The molecule has 0 aromatic carbocycles. The van der Waals surface area contributed by atoms with Gasteiger partial charge in [-0.05, 0) is 85.8 Å². The van der Waals surface area contributed by atoms with Crippen LogP contribution in [-0.2, 0) is 4.79 Å². The third kappa shape index (κ3) is 2.13. The van der Waals surface area contributed by atoms with Crippen molar-refractivity contribution >= 4 is 5.78 Å². The molecule has 0 bridgehead atoms. The van der Waals surface area contributed by atoms with Crippen molar-refractivity contribution < 1.29 is 9.90 Å². The molecule has 0 spiro atoms. The molecule has 4 rings (SSSR count). The Hall–Kier alpha value is -0.890. The zero-order valence-electron chi connectivity index (χ0n) is 14.7. The molecule has 0 aromatic heterocycles. The quantitative estimate of drug-likeness (QED) is 0.800. The number of allylic oxidation sites excluding steroid dienone is 4. The first-order valence-corrected chi connectivity index (χ1v) is 9.66. The minimum Gasteiger partial charge on any atom is -0.389 e. The molecule has 2 saturated carbocycles. The normalized spacial score (nSPS) is 42.9. The van der Waals surface area contributed by atoms with Crippen molar-refractivity contribution in [3.8, 4) is 0 Å². The van der Waals surface area contributed by atoms with Crippen LogP contribution in [0.25, 0.3) is 0 Å². The van der Waals surface area contributed by atoms with Crippen LogP contribution in [0.1, 0.15) is 78.1 Å². The molecule has 1 N–H and O–H groups in total. The summed E-state index contributed by atoms with van der Waals surface area (Å²) in [5.74, 6) is 1.64. The first kappa shape index (κ1) is 15.6. The molecule has 0 amide bonds. The summed E-state index contributed by atoms with van der Waals surface area (Å²) in [7, 11) is 0. The highest BCUT2D eigenvalue weighted by Gasteiger charge is 2.60. The zero-order valence-corrected chi connectivity index (χ0v) is 14.7. The Morgan fingerprint density at radius 2 is 2.00 bits per heavy atom. The fraction of sp³-hybridized carbons (Fsp3) is 0.762. The maximum Gasteiger partial charge on any atom is 0.156 e. The molecule has 4 unspecified atom stereocenters. The van der Waals surface area contributed by atoms with Gasteiger partial charge in [-0.3, -0.25) is 4.79 Å². The van der Waals surface area contributed by atoms with Gasteiger partial charge in [-0.1, -0.05) is 25.8 Å². The molecule has 0 heterocycles. The Bertz CT molecular complexity index is 599. The Labute approximate surface area is 140 Å². The van der Waals surface area contributed by atoms with Crippen LogP contribution < -0.4 is 0 Å². The van der Waals surface area contributed by atoms with E-state index in [-0.39, 0.29) is 5.41 Å². The topological polar surface area (TPSA) is 37.3 Å². The van der Waals surface area contributed by atoms with Crippen molar-refractivity contribution in [2.45, 2.75) is 83.7 Å². The van der Waals surface area contributed by atoms with Crippen molar-refractivity contribution in [1.29, 1.82) is 0 Å². The van der Waals surface area contributed by atoms with E-state index in [2.05, 4.69) is 13.8 Å². The summed E-state index contributed by atoms with van der Waals surface area (Å²) in [6.07, 6.45) is 12.4. The van der Waals surface area contributed by atoms with Crippen LogP contribution in [0, 0.1) is 17.3 Å². The van der Waals surface area contributed by atoms with Gasteiger partial charge < -0.3 is 5.11 Å². The highest BCUT2D eigenvalue weighted by atomic mass is 16.3. The Morgan fingerprint density at radius 1 is 1.17 bits per heavy atom. The maximum absolute atomic E-state index is 11.7. The van der Waals surface area contributed by atoms with E-state index >= 15 is 0 Å². The molecule has 4 aliphatic carbocycles. The van der Waals surface area contributed by atoms with Gasteiger partial charge in [0, 0.05) is 6.42 Å². The van der Waals surface area contributed by atoms with Crippen molar-refractivity contribution in [2.75, 3.05) is 0 Å². The third-order valence-electron chi connectivity index (χ3n) is 7.72. The average molecular weight is 314 g/mol. The van der Waals surface area contributed by atoms with Gasteiger partial charge in [0.1, 0.15) is 0 Å². The summed E-state index contributed by atoms with van der Waals surface area (Å²) in [5.41, 5.74) is 4.20. The lowest BCUT2D eigenvalue weighted by Gasteiger charge is -2.52. The van der Waals surface area contributed by atoms with E-state index in [1.165, 1.54) is 24.0 Å². The lowest BCUT2D eigenvalue weighted by Crippen LogP contribution is -2.49. The standard InChI is InChI=1S/C21H30O2/c1-3-10-21(23)12-9-19-18-6-4-14-13-15(22)5-7-16(14)17(18)8-11-20(19,21)2/h13,18-19,23H,3-12H2,1-2H3. The van der Waals surface area contributed by atoms with Gasteiger partial charge in [0.05, 0.1) is 5.60 Å². The summed E-state index contributed by atoms with van der Waals surface area (Å²) in [5, 5.41) is 11.3. The van der Waals surface area contributed by atoms with E-state index < -0.39 is 5.60 Å². The summed E-state index contributed by atoms with van der Waals surface area (Å²) in [6.45, 7) is 4.57. The third-order valence-corrected chi connectivity index (χ3v) is 7.72. The SMILES string of the molecule is CCCC1(O)CCC2C3CCC4=CC(=O)CCC4=C3CCC21C. The van der Waals surface area contributed by atoms with Crippen molar-refractivity contribution in [3.05, 3.63) is 22.8 Å². The summed E-state index contributed by atoms with van der Waals surface area (Å²) >= 11 is 0. The van der Waals surface area contributed by atoms with Gasteiger partial charge in [-0.2, -0.15) is 0 Å². The van der Waals surface area contributed by atoms with E-state index in [0.717, 1.165) is 44.9 Å². The first-order valence-electron chi connectivity index (χ1n) is 9.66. The summed E-state index contributed by atoms with van der Waals surface area (Å²) in [6, 6.07) is 0. The number of fused-ring (bicyclic) bond motifs is 4. The fourth-order valence-corrected chi connectivity index (χ4v) is 6.47. The van der Waals surface area contributed by atoms with Crippen LogP contribution in [0.15, 0.2) is 22.8 Å². The van der Waals surface area contributed by atoms with Crippen LogP contribution >= 0.6 is 0 Å². The largest absolute Gasteiger partial charge is 0.389 e. The Kier molecular flexibility index (Phi) is 3.61. The molecule has 126 valence electrons. The minimum atomic E-state index is -0.443. The van der Waals surface area contributed by atoms with Crippen LogP contribution in [0.4, 0.5) is 0 Å². The number of hydrogen-bond acceptors (Lipinski definition) is 2. The van der Waals surface area contributed by atoms with Gasteiger partial charge in [-0.25, -0.2) is 0 Å². The van der Waals surface area contributed by atoms with Crippen molar-refractivity contribution in [1.82, 2.24) is 0 Å². The van der Waals surface area contributed by atoms with Crippen LogP contribution in [-0.4, -0.2) is 16.5 Å². The molecule has 0 radical (unpaired) electrons. The van der Waals surface area contributed by atoms with E-state index in [4.69, 9.17) is 0 Å². The van der Waals surface area contributed by atoms with Crippen LogP contribution in [0.3, 0.4) is 0 Å². The van der Waals surface area contributed by atoms with Gasteiger partial charge in [-0.15, -0.1) is 0 Å². The molecule has 4 atom stereocenters. The van der Waals surface area contributed by atoms with Gasteiger partial charge >= 0.3 is 0 Å². The molecule has 0 aliphatic heterocycles. The minimum absolute atomic E-state index is 0.101. The van der Waals surface area contributed by atoms with Gasteiger partial charge in [0.15, 0.2) is 5.78 Å². The molecular weight excluding hydrogens is 284 g/mol. The molecule has 0 aromatic rings. The van der Waals surface area contributed by atoms with Crippen molar-refractivity contribution in [2.24, 2.45) is 17.3 Å².